The Labute approximate surface area is 117 Å². The van der Waals surface area contributed by atoms with E-state index in [-0.39, 0.29) is 36.7 Å². The molecule has 1 aliphatic rings. The van der Waals surface area contributed by atoms with Crippen LogP contribution in [0.1, 0.15) is 6.42 Å². The molecule has 0 unspecified atom stereocenters. The van der Waals surface area contributed by atoms with E-state index < -0.39 is 30.6 Å². The zero-order valence-electron chi connectivity index (χ0n) is 10.6. The lowest BCUT2D eigenvalue weighted by Crippen LogP contribution is -2.34. The number of nitrogen functional groups attached to an aromatic ring is 1. The van der Waals surface area contributed by atoms with Crippen LogP contribution in [0.25, 0.3) is 0 Å². The monoisotopic (exact) mass is 322 g/mol. The van der Waals surface area contributed by atoms with Gasteiger partial charge in [-0.2, -0.15) is 4.31 Å². The predicted molar refractivity (Wildman–Crippen MR) is 72.8 cm³/mol. The van der Waals surface area contributed by atoms with Crippen molar-refractivity contribution in [3.05, 3.63) is 24.0 Å². The molecule has 1 fully saturated rings. The summed E-state index contributed by atoms with van der Waals surface area (Å²) in [4.78, 5) is -0.517. The predicted octanol–water partition coefficient (Wildman–Crippen LogP) is 0.217. The van der Waals surface area contributed by atoms with Crippen molar-refractivity contribution in [1.29, 1.82) is 0 Å². The molecule has 6 nitrogen and oxygen atoms in total. The number of sulfone groups is 1. The first-order valence-corrected chi connectivity index (χ1v) is 9.24. The molecule has 0 atom stereocenters. The van der Waals surface area contributed by atoms with Crippen LogP contribution in [0.2, 0.25) is 0 Å². The summed E-state index contributed by atoms with van der Waals surface area (Å²) in [5.74, 6) is -1.21. The molecule has 20 heavy (non-hydrogen) atoms. The van der Waals surface area contributed by atoms with E-state index in [1.807, 2.05) is 0 Å². The first kappa shape index (κ1) is 15.2. The highest BCUT2D eigenvalue weighted by molar-refractivity contribution is 7.91. The molecule has 1 saturated heterocycles. The molecule has 2 rings (SSSR count). The first-order valence-electron chi connectivity index (χ1n) is 5.98. The molecule has 0 bridgehead atoms. The van der Waals surface area contributed by atoms with Crippen LogP contribution in [0.3, 0.4) is 0 Å². The second kappa shape index (κ2) is 5.30. The highest BCUT2D eigenvalue weighted by Gasteiger charge is 2.31. The fraction of sp³-hybridized carbons (Fsp3) is 0.455. The molecular weight excluding hydrogens is 307 g/mol. The Hall–Kier alpha value is -1.19. The van der Waals surface area contributed by atoms with Crippen LogP contribution in [-0.2, 0) is 19.9 Å². The fourth-order valence-electron chi connectivity index (χ4n) is 2.01. The van der Waals surface area contributed by atoms with E-state index in [0.717, 1.165) is 16.4 Å². The van der Waals surface area contributed by atoms with E-state index >= 15 is 0 Å². The molecule has 9 heteroatoms. The van der Waals surface area contributed by atoms with Crippen LogP contribution in [0, 0.1) is 5.82 Å². The van der Waals surface area contributed by atoms with Crippen molar-refractivity contribution in [1.82, 2.24) is 4.31 Å². The van der Waals surface area contributed by atoms with Gasteiger partial charge in [-0.3, -0.25) is 0 Å². The SMILES string of the molecule is Nc1ccc(F)c(S(=O)(=O)N2CCCS(=O)(=O)CC2)c1. The van der Waals surface area contributed by atoms with E-state index in [1.165, 1.54) is 6.07 Å². The van der Waals surface area contributed by atoms with Crippen LogP contribution in [0.15, 0.2) is 23.1 Å². The minimum Gasteiger partial charge on any atom is -0.399 e. The molecule has 1 aliphatic heterocycles. The lowest BCUT2D eigenvalue weighted by Gasteiger charge is -2.19. The van der Waals surface area contributed by atoms with Gasteiger partial charge in [-0.25, -0.2) is 21.2 Å². The largest absolute Gasteiger partial charge is 0.399 e. The van der Waals surface area contributed by atoms with Gasteiger partial charge < -0.3 is 5.73 Å². The van der Waals surface area contributed by atoms with E-state index in [9.17, 15) is 21.2 Å². The van der Waals surface area contributed by atoms with E-state index in [0.29, 0.717) is 0 Å². The second-order valence-corrected chi connectivity index (χ2v) is 8.81. The van der Waals surface area contributed by atoms with Gasteiger partial charge in [0.1, 0.15) is 10.7 Å². The maximum Gasteiger partial charge on any atom is 0.246 e. The zero-order valence-corrected chi connectivity index (χ0v) is 12.3. The van der Waals surface area contributed by atoms with Gasteiger partial charge in [-0.15, -0.1) is 0 Å². The van der Waals surface area contributed by atoms with Crippen LogP contribution in [0.5, 0.6) is 0 Å². The Morgan fingerprint density at radius 1 is 1.20 bits per heavy atom. The molecule has 112 valence electrons. The molecule has 1 aromatic rings. The number of benzene rings is 1. The third-order valence-electron chi connectivity index (χ3n) is 3.09. The summed E-state index contributed by atoms with van der Waals surface area (Å²) in [6, 6.07) is 3.29. The smallest absolute Gasteiger partial charge is 0.246 e. The minimum absolute atomic E-state index is 0.0514. The van der Waals surface area contributed by atoms with Crippen molar-refractivity contribution < 1.29 is 21.2 Å². The third kappa shape index (κ3) is 3.10. The van der Waals surface area contributed by atoms with Crippen LogP contribution >= 0.6 is 0 Å². The number of halogens is 1. The van der Waals surface area contributed by atoms with Crippen molar-refractivity contribution >= 4 is 25.5 Å². The Balaban J connectivity index is 2.37. The Bertz CT molecular complexity index is 716. The quantitative estimate of drug-likeness (QED) is 0.785. The van der Waals surface area contributed by atoms with Crippen LogP contribution < -0.4 is 5.73 Å². The van der Waals surface area contributed by atoms with Gasteiger partial charge in [0.05, 0.1) is 11.5 Å². The van der Waals surface area contributed by atoms with E-state index in [4.69, 9.17) is 5.73 Å². The molecule has 0 amide bonds. The number of nitrogens with two attached hydrogens (primary N) is 1. The van der Waals surface area contributed by atoms with Gasteiger partial charge in [-0.1, -0.05) is 0 Å². The lowest BCUT2D eigenvalue weighted by atomic mass is 10.3. The van der Waals surface area contributed by atoms with Crippen LogP contribution in [0.4, 0.5) is 10.1 Å². The summed E-state index contributed by atoms with van der Waals surface area (Å²) in [5, 5.41) is 0. The number of hydrogen-bond donors (Lipinski definition) is 1. The second-order valence-electron chi connectivity index (χ2n) is 4.60. The molecule has 0 aliphatic carbocycles. The third-order valence-corrected chi connectivity index (χ3v) is 6.72. The Morgan fingerprint density at radius 2 is 1.90 bits per heavy atom. The van der Waals surface area contributed by atoms with Crippen molar-refractivity contribution in [2.75, 3.05) is 30.3 Å². The highest BCUT2D eigenvalue weighted by Crippen LogP contribution is 2.23. The molecule has 0 aromatic heterocycles. The van der Waals surface area contributed by atoms with Gasteiger partial charge in [0.15, 0.2) is 9.84 Å². The zero-order chi connectivity index (χ0) is 15.0. The van der Waals surface area contributed by atoms with Crippen LogP contribution in [-0.4, -0.2) is 45.7 Å². The summed E-state index contributed by atoms with van der Waals surface area (Å²) in [6.45, 7) is -0.116. The molecule has 0 spiro atoms. The lowest BCUT2D eigenvalue weighted by molar-refractivity contribution is 0.430. The maximum absolute atomic E-state index is 13.7. The number of hydrogen-bond acceptors (Lipinski definition) is 5. The van der Waals surface area contributed by atoms with Crippen molar-refractivity contribution in [2.24, 2.45) is 0 Å². The molecule has 0 saturated carbocycles. The first-order chi connectivity index (χ1) is 9.22. The average molecular weight is 322 g/mol. The number of nitrogens with zero attached hydrogens (tertiary/aromatic N) is 1. The molecular formula is C11H15FN2O4S2. The number of sulfonamides is 1. The Morgan fingerprint density at radius 3 is 2.60 bits per heavy atom. The van der Waals surface area contributed by atoms with E-state index in [1.54, 1.807) is 0 Å². The van der Waals surface area contributed by atoms with Gasteiger partial charge in [0.2, 0.25) is 10.0 Å². The van der Waals surface area contributed by atoms with Crippen molar-refractivity contribution in [3.8, 4) is 0 Å². The number of anilines is 1. The van der Waals surface area contributed by atoms with Gasteiger partial charge >= 0.3 is 0 Å². The number of rotatable bonds is 2. The molecule has 1 aromatic carbocycles. The summed E-state index contributed by atoms with van der Waals surface area (Å²) in [5.41, 5.74) is 5.61. The normalized spacial score (nSPS) is 20.4. The highest BCUT2D eigenvalue weighted by atomic mass is 32.2. The fourth-order valence-corrected chi connectivity index (χ4v) is 4.98. The molecule has 1 heterocycles. The minimum atomic E-state index is -4.07. The standard InChI is InChI=1S/C11H15FN2O4S2/c12-10-3-2-9(13)8-11(10)20(17,18)14-4-1-6-19(15,16)7-5-14/h2-3,8H,1,4-7,13H2. The van der Waals surface area contributed by atoms with Crippen molar-refractivity contribution in [3.63, 3.8) is 0 Å². The Kier molecular flexibility index (Phi) is 4.03. The summed E-state index contributed by atoms with van der Waals surface area (Å²) < 4.78 is 62.4. The molecule has 2 N–H and O–H groups in total. The summed E-state index contributed by atoms with van der Waals surface area (Å²) in [6.07, 6.45) is 0.200. The molecule has 0 radical (unpaired) electrons. The topological polar surface area (TPSA) is 97.5 Å². The average Bonchev–Trinajstić information content (AvgIpc) is 2.53. The van der Waals surface area contributed by atoms with E-state index in [2.05, 4.69) is 0 Å². The summed E-state index contributed by atoms with van der Waals surface area (Å²) in [7, 11) is -7.31. The van der Waals surface area contributed by atoms with Gasteiger partial charge in [-0.05, 0) is 24.6 Å². The summed E-state index contributed by atoms with van der Waals surface area (Å²) >= 11 is 0. The van der Waals surface area contributed by atoms with Crippen molar-refractivity contribution in [2.45, 2.75) is 11.3 Å². The maximum atomic E-state index is 13.7. The van der Waals surface area contributed by atoms with Gasteiger partial charge in [0.25, 0.3) is 0 Å². The van der Waals surface area contributed by atoms with Gasteiger partial charge in [0, 0.05) is 18.8 Å².